The highest BCUT2D eigenvalue weighted by molar-refractivity contribution is 5.89. The molecule has 13 heteroatoms. The lowest BCUT2D eigenvalue weighted by Crippen LogP contribution is -2.71. The van der Waals surface area contributed by atoms with Gasteiger partial charge in [0.2, 0.25) is 5.91 Å². The first-order valence-electron chi connectivity index (χ1n) is 13.8. The van der Waals surface area contributed by atoms with Crippen LogP contribution in [0.25, 0.3) is 0 Å². The van der Waals surface area contributed by atoms with Crippen LogP contribution in [0.15, 0.2) is 24.0 Å². The summed E-state index contributed by atoms with van der Waals surface area (Å²) in [5, 5.41) is 33.0. The van der Waals surface area contributed by atoms with Crippen LogP contribution in [0.1, 0.15) is 51.2 Å². The van der Waals surface area contributed by atoms with Crippen LogP contribution in [0.3, 0.4) is 0 Å². The van der Waals surface area contributed by atoms with E-state index in [2.05, 4.69) is 4.90 Å². The number of likely N-dealkylation sites (tertiary alicyclic amines) is 1. The number of carboxylic acid groups (broad SMARTS) is 1. The van der Waals surface area contributed by atoms with E-state index in [9.17, 15) is 34.5 Å². The number of likely N-dealkylation sites (N-methyl/N-ethyl adjacent to an activating group) is 1. The van der Waals surface area contributed by atoms with Crippen LogP contribution in [0.5, 0.6) is 11.5 Å². The van der Waals surface area contributed by atoms with Crippen LogP contribution >= 0.6 is 0 Å². The fourth-order valence-electron chi connectivity index (χ4n) is 6.31. The van der Waals surface area contributed by atoms with Gasteiger partial charge in [-0.1, -0.05) is 6.07 Å². The molecular formula is C29H38N2O11. The van der Waals surface area contributed by atoms with Crippen molar-refractivity contribution in [1.29, 1.82) is 0 Å². The molecule has 1 aliphatic carbocycles. The number of esters is 2. The Kier molecular flexibility index (Phi) is 8.59. The van der Waals surface area contributed by atoms with E-state index in [1.165, 1.54) is 14.0 Å². The fraction of sp³-hybridized carbons (Fsp3) is 0.586. The van der Waals surface area contributed by atoms with E-state index in [4.69, 9.17) is 18.9 Å². The van der Waals surface area contributed by atoms with Crippen LogP contribution in [0.4, 0.5) is 0 Å². The zero-order valence-electron chi connectivity index (χ0n) is 24.5. The number of nitrogens with one attached hydrogen (secondary N) is 1. The molecule has 1 amide bonds. The molecule has 2 aliphatic heterocycles. The van der Waals surface area contributed by atoms with Crippen molar-refractivity contribution in [1.82, 2.24) is 10.2 Å². The van der Waals surface area contributed by atoms with Gasteiger partial charge in [0, 0.05) is 18.0 Å². The molecule has 1 aromatic rings. The summed E-state index contributed by atoms with van der Waals surface area (Å²) in [5.74, 6) is -3.38. The normalized spacial score (nSPS) is 28.4. The van der Waals surface area contributed by atoms with Crippen molar-refractivity contribution >= 4 is 23.8 Å². The molecule has 0 bridgehead atoms. The summed E-state index contributed by atoms with van der Waals surface area (Å²) in [6.07, 6.45) is -2.30. The summed E-state index contributed by atoms with van der Waals surface area (Å²) in [7, 11) is 3.47. The number of aryl methyl sites for hydroxylation is 1. The number of aliphatic carboxylic acids is 1. The molecule has 7 atom stereocenters. The zero-order valence-corrected chi connectivity index (χ0v) is 24.5. The lowest BCUT2D eigenvalue weighted by molar-refractivity contribution is -0.172. The molecule has 0 radical (unpaired) electrons. The van der Waals surface area contributed by atoms with Crippen LogP contribution in [-0.2, 0) is 34.1 Å². The standard InChI is InChI=1S/C29H38N2O11/c1-14-7-8-19(39-6)23-22(14)28-11-12-31(5)17(4)29(28,38)10-9-20(24(28)42-23)41-27(37)16(3)40-21(33)13-18(26(35)36)30-25(34)15(2)32/h7-9,15-18,24,32,38H,10-13H2,1-6H3,(H,30,34)(H,35,36)/t15-,16-,17+,18-,24-,28-,29+/m0/s1. The topological polar surface area (TPSA) is 181 Å². The first-order chi connectivity index (χ1) is 19.7. The minimum atomic E-state index is -1.67. The van der Waals surface area contributed by atoms with Crippen molar-refractivity contribution in [3.8, 4) is 11.5 Å². The maximum Gasteiger partial charge on any atom is 0.352 e. The molecule has 4 rings (SSSR count). The maximum atomic E-state index is 13.1. The summed E-state index contributed by atoms with van der Waals surface area (Å²) in [6, 6.07) is 1.75. The Morgan fingerprint density at radius 1 is 1.24 bits per heavy atom. The highest BCUT2D eigenvalue weighted by Gasteiger charge is 2.69. The van der Waals surface area contributed by atoms with Crippen molar-refractivity contribution in [2.75, 3.05) is 20.7 Å². The highest BCUT2D eigenvalue weighted by atomic mass is 16.6. The average Bonchev–Trinajstić information content (AvgIpc) is 3.29. The molecule has 4 N–H and O–H groups in total. The summed E-state index contributed by atoms with van der Waals surface area (Å²) < 4.78 is 22.9. The van der Waals surface area contributed by atoms with Gasteiger partial charge in [-0.3, -0.25) is 9.59 Å². The monoisotopic (exact) mass is 590 g/mol. The molecule has 2 heterocycles. The number of rotatable bonds is 9. The Bertz CT molecular complexity index is 1310. The van der Waals surface area contributed by atoms with Crippen molar-refractivity contribution < 1.29 is 53.4 Å². The van der Waals surface area contributed by atoms with E-state index >= 15 is 0 Å². The van der Waals surface area contributed by atoms with Crippen molar-refractivity contribution in [2.24, 2.45) is 0 Å². The van der Waals surface area contributed by atoms with Gasteiger partial charge in [0.15, 0.2) is 23.7 Å². The molecule has 1 fully saturated rings. The molecule has 1 aromatic carbocycles. The Balaban J connectivity index is 1.57. The quantitative estimate of drug-likeness (QED) is 0.294. The number of benzene rings is 1. The number of hydrogen-bond acceptors (Lipinski definition) is 11. The van der Waals surface area contributed by atoms with E-state index in [-0.39, 0.29) is 18.2 Å². The maximum absolute atomic E-state index is 13.1. The largest absolute Gasteiger partial charge is 0.493 e. The number of piperidine rings is 1. The second-order valence-electron chi connectivity index (χ2n) is 11.2. The third-order valence-corrected chi connectivity index (χ3v) is 8.76. The number of aliphatic hydroxyl groups excluding tert-OH is 1. The fourth-order valence-corrected chi connectivity index (χ4v) is 6.31. The number of amides is 1. The number of aliphatic hydroxyl groups is 2. The predicted molar refractivity (Wildman–Crippen MR) is 146 cm³/mol. The van der Waals surface area contributed by atoms with Gasteiger partial charge in [-0.15, -0.1) is 0 Å². The van der Waals surface area contributed by atoms with Crippen LogP contribution in [0.2, 0.25) is 0 Å². The molecule has 0 aromatic heterocycles. The smallest absolute Gasteiger partial charge is 0.352 e. The first-order valence-corrected chi connectivity index (χ1v) is 13.8. The first kappa shape index (κ1) is 31.3. The zero-order chi connectivity index (χ0) is 31.1. The molecule has 230 valence electrons. The van der Waals surface area contributed by atoms with E-state index < -0.39 is 65.6 Å². The molecule has 13 nitrogen and oxygen atoms in total. The second kappa shape index (κ2) is 11.5. The molecular weight excluding hydrogens is 552 g/mol. The summed E-state index contributed by atoms with van der Waals surface area (Å²) in [4.78, 5) is 50.8. The number of methoxy groups -OCH3 is 1. The van der Waals surface area contributed by atoms with E-state index in [1.807, 2.05) is 32.3 Å². The van der Waals surface area contributed by atoms with E-state index in [0.29, 0.717) is 24.5 Å². The van der Waals surface area contributed by atoms with Gasteiger partial charge in [0.1, 0.15) is 17.9 Å². The minimum absolute atomic E-state index is 0.161. The predicted octanol–water partition coefficient (Wildman–Crippen LogP) is 0.560. The number of ether oxygens (including phenoxy) is 4. The number of nitrogens with zero attached hydrogens (tertiary/aromatic N) is 1. The molecule has 3 aliphatic rings. The van der Waals surface area contributed by atoms with E-state index in [0.717, 1.165) is 18.1 Å². The van der Waals surface area contributed by atoms with Crippen molar-refractivity contribution in [2.45, 2.75) is 88.4 Å². The molecule has 0 saturated carbocycles. The Morgan fingerprint density at radius 2 is 1.93 bits per heavy atom. The van der Waals surface area contributed by atoms with Crippen molar-refractivity contribution in [3.63, 3.8) is 0 Å². The van der Waals surface area contributed by atoms with Gasteiger partial charge in [-0.05, 0) is 65.4 Å². The average molecular weight is 591 g/mol. The summed E-state index contributed by atoms with van der Waals surface area (Å²) in [6.45, 7) is 6.94. The van der Waals surface area contributed by atoms with Gasteiger partial charge in [0.05, 0.1) is 24.5 Å². The van der Waals surface area contributed by atoms with Gasteiger partial charge < -0.3 is 44.5 Å². The SMILES string of the molecule is COc1ccc(C)c2c1O[C@H]1C(OC(=O)[C@H](C)OC(=O)C[C@H](NC(=O)[C@H](C)O)C(=O)O)=CC[C@@]3(O)[C@@H](C)N(C)CC[C@]213. The summed E-state index contributed by atoms with van der Waals surface area (Å²) >= 11 is 0. The Hall–Kier alpha value is -3.68. The van der Waals surface area contributed by atoms with Gasteiger partial charge in [0.25, 0.3) is 0 Å². The van der Waals surface area contributed by atoms with Crippen LogP contribution in [0, 0.1) is 6.92 Å². The Labute approximate surface area is 243 Å². The minimum Gasteiger partial charge on any atom is -0.493 e. The van der Waals surface area contributed by atoms with Gasteiger partial charge >= 0.3 is 17.9 Å². The number of fused-ring (bicyclic) bond motifs is 1. The molecule has 0 unspecified atom stereocenters. The number of carbonyl (C=O) groups excluding carboxylic acids is 3. The third kappa shape index (κ3) is 5.09. The molecule has 1 saturated heterocycles. The van der Waals surface area contributed by atoms with Crippen molar-refractivity contribution in [3.05, 3.63) is 35.1 Å². The van der Waals surface area contributed by atoms with E-state index in [1.54, 1.807) is 12.1 Å². The van der Waals surface area contributed by atoms with Gasteiger partial charge in [-0.2, -0.15) is 0 Å². The Morgan fingerprint density at radius 3 is 2.55 bits per heavy atom. The third-order valence-electron chi connectivity index (χ3n) is 8.76. The lowest BCUT2D eigenvalue weighted by Gasteiger charge is -2.58. The number of hydrogen-bond donors (Lipinski definition) is 4. The lowest BCUT2D eigenvalue weighted by atomic mass is 9.54. The summed E-state index contributed by atoms with van der Waals surface area (Å²) in [5.41, 5.74) is -0.541. The molecule has 1 spiro atoms. The number of carbonyl (C=O) groups is 4. The highest BCUT2D eigenvalue weighted by Crippen LogP contribution is 2.62. The molecule has 42 heavy (non-hydrogen) atoms. The van der Waals surface area contributed by atoms with Crippen LogP contribution < -0.4 is 14.8 Å². The van der Waals surface area contributed by atoms with Gasteiger partial charge in [-0.25, -0.2) is 9.59 Å². The number of carboxylic acids is 1. The second-order valence-corrected chi connectivity index (χ2v) is 11.2. The van der Waals surface area contributed by atoms with Crippen LogP contribution in [-0.4, -0.2) is 101 Å².